The van der Waals surface area contributed by atoms with Gasteiger partial charge in [-0.3, -0.25) is 4.98 Å². The molecule has 0 aliphatic carbocycles. The van der Waals surface area contributed by atoms with E-state index in [1.54, 1.807) is 6.20 Å². The molecule has 2 aromatic carbocycles. The SMILES string of the molecule is NC(=S)c1ncccc1Nc1ccc(Br)c2ccccc12. The average Bonchev–Trinajstić information content (AvgIpc) is 2.51. The standard InChI is InChI=1S/C16H12BrN3S/c17-12-7-8-13(11-5-2-1-4-10(11)12)20-14-6-3-9-19-15(14)16(18)21/h1-9,20H,(H2,18,21). The van der Waals surface area contributed by atoms with Gasteiger partial charge in [0, 0.05) is 21.7 Å². The van der Waals surface area contributed by atoms with Crippen molar-refractivity contribution in [3.8, 4) is 0 Å². The minimum absolute atomic E-state index is 0.277. The molecule has 1 heterocycles. The van der Waals surface area contributed by atoms with E-state index in [0.29, 0.717) is 5.69 Å². The van der Waals surface area contributed by atoms with Crippen LogP contribution in [0, 0.1) is 0 Å². The lowest BCUT2D eigenvalue weighted by Gasteiger charge is -2.13. The molecule has 1 aromatic heterocycles. The van der Waals surface area contributed by atoms with Crippen molar-refractivity contribution in [2.75, 3.05) is 5.32 Å². The number of hydrogen-bond acceptors (Lipinski definition) is 3. The van der Waals surface area contributed by atoms with Gasteiger partial charge in [0.15, 0.2) is 0 Å². The number of aromatic nitrogens is 1. The van der Waals surface area contributed by atoms with Crippen LogP contribution in [0.2, 0.25) is 0 Å². The highest BCUT2D eigenvalue weighted by Gasteiger charge is 2.09. The van der Waals surface area contributed by atoms with E-state index in [1.807, 2.05) is 36.4 Å². The van der Waals surface area contributed by atoms with Gasteiger partial charge in [-0.2, -0.15) is 0 Å². The third-order valence-corrected chi connectivity index (χ3v) is 4.07. The third kappa shape index (κ3) is 2.75. The molecule has 3 rings (SSSR count). The molecule has 3 aromatic rings. The number of benzene rings is 2. The van der Waals surface area contributed by atoms with E-state index in [4.69, 9.17) is 18.0 Å². The lowest BCUT2D eigenvalue weighted by Crippen LogP contribution is -2.13. The van der Waals surface area contributed by atoms with Crippen molar-refractivity contribution in [1.29, 1.82) is 0 Å². The molecule has 0 saturated heterocycles. The second-order valence-corrected chi connectivity index (χ2v) is 5.82. The first kappa shape index (κ1) is 14.0. The number of thiocarbonyl (C=S) groups is 1. The lowest BCUT2D eigenvalue weighted by molar-refractivity contribution is 1.29. The number of nitrogens with one attached hydrogen (secondary N) is 1. The summed E-state index contributed by atoms with van der Waals surface area (Å²) in [6, 6.07) is 16.0. The van der Waals surface area contributed by atoms with Crippen molar-refractivity contribution in [3.63, 3.8) is 0 Å². The number of nitrogens with two attached hydrogens (primary N) is 1. The summed E-state index contributed by atoms with van der Waals surface area (Å²) in [6.07, 6.45) is 1.68. The maximum Gasteiger partial charge on any atom is 0.124 e. The summed E-state index contributed by atoms with van der Waals surface area (Å²) < 4.78 is 1.06. The molecule has 0 fully saturated rings. The van der Waals surface area contributed by atoms with Crippen LogP contribution in [0.15, 0.2) is 59.2 Å². The Kier molecular flexibility index (Phi) is 3.86. The van der Waals surface area contributed by atoms with Crippen molar-refractivity contribution >= 4 is 55.3 Å². The van der Waals surface area contributed by atoms with Crippen LogP contribution in [0.25, 0.3) is 10.8 Å². The molecular formula is C16H12BrN3S. The fourth-order valence-electron chi connectivity index (χ4n) is 2.22. The summed E-state index contributed by atoms with van der Waals surface area (Å²) in [5.41, 5.74) is 8.11. The molecule has 0 amide bonds. The first-order valence-electron chi connectivity index (χ1n) is 6.36. The van der Waals surface area contributed by atoms with E-state index >= 15 is 0 Å². The number of nitrogens with zero attached hydrogens (tertiary/aromatic N) is 1. The fourth-order valence-corrected chi connectivity index (χ4v) is 2.86. The van der Waals surface area contributed by atoms with E-state index in [-0.39, 0.29) is 4.99 Å². The predicted octanol–water partition coefficient (Wildman–Crippen LogP) is 4.38. The molecule has 0 atom stereocenters. The van der Waals surface area contributed by atoms with Crippen LogP contribution < -0.4 is 11.1 Å². The summed E-state index contributed by atoms with van der Waals surface area (Å²) >= 11 is 8.62. The Hall–Kier alpha value is -1.98. The molecule has 0 saturated carbocycles. The van der Waals surface area contributed by atoms with Crippen molar-refractivity contribution in [2.24, 2.45) is 5.73 Å². The molecule has 3 nitrogen and oxygen atoms in total. The maximum atomic E-state index is 5.73. The Balaban J connectivity index is 2.11. The van der Waals surface area contributed by atoms with E-state index < -0.39 is 0 Å². The molecule has 5 heteroatoms. The number of anilines is 2. The van der Waals surface area contributed by atoms with Gasteiger partial charge in [0.05, 0.1) is 5.69 Å². The topological polar surface area (TPSA) is 50.9 Å². The normalized spacial score (nSPS) is 10.5. The minimum atomic E-state index is 0.277. The second-order valence-electron chi connectivity index (χ2n) is 4.53. The quantitative estimate of drug-likeness (QED) is 0.683. The zero-order valence-corrected chi connectivity index (χ0v) is 13.4. The number of rotatable bonds is 3. The monoisotopic (exact) mass is 357 g/mol. The largest absolute Gasteiger partial charge is 0.388 e. The number of fused-ring (bicyclic) bond motifs is 1. The average molecular weight is 358 g/mol. The fraction of sp³-hybridized carbons (Fsp3) is 0. The molecule has 0 bridgehead atoms. The zero-order chi connectivity index (χ0) is 14.8. The van der Waals surface area contributed by atoms with Gasteiger partial charge in [-0.1, -0.05) is 52.4 Å². The van der Waals surface area contributed by atoms with Gasteiger partial charge in [0.2, 0.25) is 0 Å². The molecule has 0 unspecified atom stereocenters. The maximum absolute atomic E-state index is 5.73. The summed E-state index contributed by atoms with van der Waals surface area (Å²) in [6.45, 7) is 0. The smallest absolute Gasteiger partial charge is 0.124 e. The highest BCUT2D eigenvalue weighted by molar-refractivity contribution is 9.10. The third-order valence-electron chi connectivity index (χ3n) is 3.18. The second kappa shape index (κ2) is 5.79. The first-order valence-corrected chi connectivity index (χ1v) is 7.56. The van der Waals surface area contributed by atoms with Gasteiger partial charge in [0.25, 0.3) is 0 Å². The van der Waals surface area contributed by atoms with Gasteiger partial charge in [-0.05, 0) is 29.7 Å². The Labute approximate surface area is 136 Å². The van der Waals surface area contributed by atoms with Crippen molar-refractivity contribution in [1.82, 2.24) is 4.98 Å². The van der Waals surface area contributed by atoms with Crippen LogP contribution >= 0.6 is 28.1 Å². The summed E-state index contributed by atoms with van der Waals surface area (Å²) in [5, 5.41) is 5.63. The molecular weight excluding hydrogens is 346 g/mol. The molecule has 104 valence electrons. The van der Waals surface area contributed by atoms with Gasteiger partial charge in [-0.25, -0.2) is 0 Å². The van der Waals surface area contributed by atoms with Crippen LogP contribution in [0.5, 0.6) is 0 Å². The van der Waals surface area contributed by atoms with E-state index in [9.17, 15) is 0 Å². The van der Waals surface area contributed by atoms with Crippen molar-refractivity contribution in [2.45, 2.75) is 0 Å². The number of pyridine rings is 1. The van der Waals surface area contributed by atoms with E-state index in [2.05, 4.69) is 38.4 Å². The van der Waals surface area contributed by atoms with E-state index in [1.165, 1.54) is 0 Å². The molecule has 3 N–H and O–H groups in total. The minimum Gasteiger partial charge on any atom is -0.388 e. The highest BCUT2D eigenvalue weighted by Crippen LogP contribution is 2.32. The van der Waals surface area contributed by atoms with E-state index in [0.717, 1.165) is 26.6 Å². The van der Waals surface area contributed by atoms with Crippen LogP contribution in [0.1, 0.15) is 5.69 Å². The molecule has 21 heavy (non-hydrogen) atoms. The van der Waals surface area contributed by atoms with Crippen LogP contribution in [0.3, 0.4) is 0 Å². The van der Waals surface area contributed by atoms with Crippen LogP contribution in [0.4, 0.5) is 11.4 Å². The van der Waals surface area contributed by atoms with Gasteiger partial charge in [-0.15, -0.1) is 0 Å². The molecule has 0 spiro atoms. The van der Waals surface area contributed by atoms with Crippen molar-refractivity contribution in [3.05, 3.63) is 64.9 Å². The van der Waals surface area contributed by atoms with Crippen LogP contribution in [-0.2, 0) is 0 Å². The summed E-state index contributed by atoms with van der Waals surface area (Å²) in [4.78, 5) is 4.51. The van der Waals surface area contributed by atoms with Gasteiger partial charge < -0.3 is 11.1 Å². The number of hydrogen-bond donors (Lipinski definition) is 2. The van der Waals surface area contributed by atoms with Crippen LogP contribution in [-0.4, -0.2) is 9.97 Å². The Morgan fingerprint density at radius 3 is 2.52 bits per heavy atom. The van der Waals surface area contributed by atoms with Gasteiger partial charge in [0.1, 0.15) is 10.7 Å². The first-order chi connectivity index (χ1) is 10.2. The summed E-state index contributed by atoms with van der Waals surface area (Å²) in [7, 11) is 0. The predicted molar refractivity (Wildman–Crippen MR) is 95.1 cm³/mol. The highest BCUT2D eigenvalue weighted by atomic mass is 79.9. The number of halogens is 1. The Morgan fingerprint density at radius 2 is 1.76 bits per heavy atom. The molecule has 0 radical (unpaired) electrons. The zero-order valence-electron chi connectivity index (χ0n) is 11.0. The van der Waals surface area contributed by atoms with Crippen molar-refractivity contribution < 1.29 is 0 Å². The van der Waals surface area contributed by atoms with Gasteiger partial charge >= 0.3 is 0 Å². The molecule has 0 aliphatic heterocycles. The summed E-state index contributed by atoms with van der Waals surface area (Å²) in [5.74, 6) is 0. The Morgan fingerprint density at radius 1 is 1.00 bits per heavy atom. The lowest BCUT2D eigenvalue weighted by atomic mass is 10.1. The molecule has 0 aliphatic rings. The Bertz CT molecular complexity index is 833.